The monoisotopic (exact) mass is 562 g/mol. The number of anilines is 1. The van der Waals surface area contributed by atoms with Gasteiger partial charge in [-0.1, -0.05) is 28.1 Å². The predicted octanol–water partition coefficient (Wildman–Crippen LogP) is 5.07. The lowest BCUT2D eigenvalue weighted by atomic mass is 10.0. The number of fused-ring (bicyclic) bond motifs is 1. The third-order valence-corrected chi connectivity index (χ3v) is 6.62. The summed E-state index contributed by atoms with van der Waals surface area (Å²) in [5.74, 6) is 1.84. The zero-order valence-corrected chi connectivity index (χ0v) is 22.1. The first kappa shape index (κ1) is 24.3. The third kappa shape index (κ3) is 4.38. The van der Waals surface area contributed by atoms with Crippen LogP contribution in [-0.2, 0) is 7.05 Å². The Balaban J connectivity index is 1.52. The number of tetrazole rings is 1. The van der Waals surface area contributed by atoms with Crippen LogP contribution < -0.4 is 19.5 Å². The minimum atomic E-state index is -0.264. The Kier molecular flexibility index (Phi) is 6.53. The van der Waals surface area contributed by atoms with Gasteiger partial charge < -0.3 is 24.1 Å². The van der Waals surface area contributed by atoms with Crippen molar-refractivity contribution in [1.82, 2.24) is 25.2 Å². The molecule has 5 rings (SSSR count). The van der Waals surface area contributed by atoms with Crippen molar-refractivity contribution < 1.29 is 19.0 Å². The number of ether oxygens (including phenoxy) is 3. The first-order chi connectivity index (χ1) is 17.9. The fraction of sp³-hybridized carbons (Fsp3) is 0.154. The molecule has 3 aromatic carbocycles. The average molecular weight is 563 g/mol. The second-order valence-electron chi connectivity index (χ2n) is 8.14. The van der Waals surface area contributed by atoms with Crippen molar-refractivity contribution in [2.75, 3.05) is 26.6 Å². The number of benzene rings is 3. The predicted molar refractivity (Wildman–Crippen MR) is 143 cm³/mol. The number of hydrogen-bond acceptors (Lipinski definition) is 7. The van der Waals surface area contributed by atoms with E-state index in [1.54, 1.807) is 27.4 Å². The highest BCUT2D eigenvalue weighted by atomic mass is 79.9. The number of nitrogens with one attached hydrogen (secondary N) is 2. The summed E-state index contributed by atoms with van der Waals surface area (Å²) in [6, 6.07) is 17.1. The molecule has 0 spiro atoms. The van der Waals surface area contributed by atoms with E-state index in [-0.39, 0.29) is 5.91 Å². The highest BCUT2D eigenvalue weighted by Crippen LogP contribution is 2.44. The smallest absolute Gasteiger partial charge is 0.272 e. The summed E-state index contributed by atoms with van der Waals surface area (Å²) < 4.78 is 19.3. The van der Waals surface area contributed by atoms with Crippen molar-refractivity contribution in [3.63, 3.8) is 0 Å². The molecule has 37 heavy (non-hydrogen) atoms. The summed E-state index contributed by atoms with van der Waals surface area (Å²) in [5.41, 5.74) is 4.37. The first-order valence-corrected chi connectivity index (χ1v) is 12.0. The molecule has 0 atom stereocenters. The number of aromatic amines is 1. The topological polar surface area (TPSA) is 116 Å². The van der Waals surface area contributed by atoms with Crippen molar-refractivity contribution in [3.8, 4) is 39.8 Å². The van der Waals surface area contributed by atoms with Crippen LogP contribution in [-0.4, -0.2) is 52.4 Å². The van der Waals surface area contributed by atoms with Gasteiger partial charge in [0.2, 0.25) is 5.75 Å². The molecule has 0 unspecified atom stereocenters. The number of H-pyrrole nitrogens is 1. The normalized spacial score (nSPS) is 10.9. The zero-order chi connectivity index (χ0) is 26.1. The Hall–Kier alpha value is -4.38. The lowest BCUT2D eigenvalue weighted by Crippen LogP contribution is -2.16. The van der Waals surface area contributed by atoms with E-state index in [2.05, 4.69) is 41.9 Å². The number of hydrogen-bond donors (Lipinski definition) is 2. The molecule has 0 saturated carbocycles. The highest BCUT2D eigenvalue weighted by Gasteiger charge is 2.20. The van der Waals surface area contributed by atoms with E-state index < -0.39 is 0 Å². The van der Waals surface area contributed by atoms with Crippen LogP contribution in [0, 0.1) is 0 Å². The summed E-state index contributed by atoms with van der Waals surface area (Å²) >= 11 is 3.46. The Morgan fingerprint density at radius 1 is 0.946 bits per heavy atom. The number of rotatable bonds is 7. The first-order valence-electron chi connectivity index (χ1n) is 11.2. The van der Waals surface area contributed by atoms with Crippen LogP contribution in [0.4, 0.5) is 5.69 Å². The fourth-order valence-corrected chi connectivity index (χ4v) is 4.69. The van der Waals surface area contributed by atoms with Crippen molar-refractivity contribution in [2.45, 2.75) is 0 Å². The molecule has 1 amide bonds. The van der Waals surface area contributed by atoms with E-state index in [1.165, 1.54) is 0 Å². The van der Waals surface area contributed by atoms with Crippen LogP contribution in [0.3, 0.4) is 0 Å². The second kappa shape index (κ2) is 9.94. The fourth-order valence-electron chi connectivity index (χ4n) is 4.33. The molecular weight excluding hydrogens is 540 g/mol. The summed E-state index contributed by atoms with van der Waals surface area (Å²) in [6.07, 6.45) is 0. The molecule has 0 fully saturated rings. The van der Waals surface area contributed by atoms with Gasteiger partial charge in [-0.05, 0) is 58.5 Å². The van der Waals surface area contributed by atoms with Crippen LogP contribution in [0.2, 0.25) is 0 Å². The van der Waals surface area contributed by atoms with Gasteiger partial charge in [0.25, 0.3) is 5.91 Å². The van der Waals surface area contributed by atoms with E-state index in [0.29, 0.717) is 40.0 Å². The summed E-state index contributed by atoms with van der Waals surface area (Å²) in [5, 5.41) is 17.9. The maximum atomic E-state index is 13.4. The van der Waals surface area contributed by atoms with E-state index in [4.69, 9.17) is 14.2 Å². The SMILES string of the molecule is COc1ccc(-c2ccc3cc(C(=O)Nc4ccc(Br)cc4-c4nnn[nH]4)n(C)c3c2)c(OC)c1OC. The van der Waals surface area contributed by atoms with Crippen molar-refractivity contribution in [3.05, 3.63) is 64.8 Å². The van der Waals surface area contributed by atoms with E-state index in [0.717, 1.165) is 26.5 Å². The van der Waals surface area contributed by atoms with Crippen molar-refractivity contribution in [2.24, 2.45) is 7.05 Å². The number of halogens is 1. The largest absolute Gasteiger partial charge is 0.493 e. The van der Waals surface area contributed by atoms with E-state index in [1.807, 2.05) is 60.1 Å². The Bertz CT molecular complexity index is 1610. The number of carbonyl (C=O) groups excluding carboxylic acids is 1. The van der Waals surface area contributed by atoms with Gasteiger partial charge in [-0.2, -0.15) is 0 Å². The van der Waals surface area contributed by atoms with Crippen LogP contribution in [0.25, 0.3) is 33.4 Å². The molecule has 2 heterocycles. The Morgan fingerprint density at radius 3 is 2.46 bits per heavy atom. The van der Waals surface area contributed by atoms with E-state index in [9.17, 15) is 4.79 Å². The minimum absolute atomic E-state index is 0.264. The average Bonchev–Trinajstić information content (AvgIpc) is 3.57. The number of methoxy groups -OCH3 is 3. The molecule has 0 aliphatic rings. The highest BCUT2D eigenvalue weighted by molar-refractivity contribution is 9.10. The van der Waals surface area contributed by atoms with Gasteiger partial charge in [0.15, 0.2) is 17.3 Å². The molecule has 2 N–H and O–H groups in total. The van der Waals surface area contributed by atoms with Crippen molar-refractivity contribution >= 4 is 38.4 Å². The van der Waals surface area contributed by atoms with Gasteiger partial charge >= 0.3 is 0 Å². The molecule has 2 aromatic heterocycles. The molecule has 0 aliphatic heterocycles. The van der Waals surface area contributed by atoms with Crippen LogP contribution in [0.15, 0.2) is 59.1 Å². The lowest BCUT2D eigenvalue weighted by Gasteiger charge is -2.16. The molecule has 188 valence electrons. The lowest BCUT2D eigenvalue weighted by molar-refractivity contribution is 0.102. The summed E-state index contributed by atoms with van der Waals surface area (Å²) in [7, 11) is 6.61. The number of carbonyl (C=O) groups is 1. The maximum absolute atomic E-state index is 13.4. The van der Waals surface area contributed by atoms with Crippen molar-refractivity contribution in [1.29, 1.82) is 0 Å². The minimum Gasteiger partial charge on any atom is -0.493 e. The van der Waals surface area contributed by atoms with Crippen LogP contribution in [0.5, 0.6) is 17.2 Å². The van der Waals surface area contributed by atoms with Gasteiger partial charge in [-0.25, -0.2) is 5.10 Å². The van der Waals surface area contributed by atoms with Gasteiger partial charge in [0.1, 0.15) is 5.69 Å². The number of aromatic nitrogens is 5. The molecular formula is C26H23BrN6O4. The standard InChI is InChI=1S/C26H23BrN6O4/c1-33-20-11-14(17-8-10-22(35-2)24(37-4)23(17)36-3)5-6-15(20)12-21(33)26(34)28-19-9-7-16(27)13-18(19)25-29-31-32-30-25/h5-13H,1-4H3,(H,28,34)(H,29,30,31,32). The molecule has 0 aliphatic carbocycles. The second-order valence-corrected chi connectivity index (χ2v) is 9.05. The summed E-state index contributed by atoms with van der Waals surface area (Å²) in [6.45, 7) is 0. The summed E-state index contributed by atoms with van der Waals surface area (Å²) in [4.78, 5) is 13.4. The van der Waals surface area contributed by atoms with Gasteiger partial charge in [-0.15, -0.1) is 5.10 Å². The molecule has 5 aromatic rings. The number of nitrogens with zero attached hydrogens (tertiary/aromatic N) is 4. The van der Waals surface area contributed by atoms with Gasteiger partial charge in [0.05, 0.1) is 27.0 Å². The van der Waals surface area contributed by atoms with Crippen LogP contribution >= 0.6 is 15.9 Å². The van der Waals surface area contributed by atoms with E-state index >= 15 is 0 Å². The maximum Gasteiger partial charge on any atom is 0.272 e. The zero-order valence-electron chi connectivity index (χ0n) is 20.5. The molecule has 10 nitrogen and oxygen atoms in total. The Morgan fingerprint density at radius 2 is 1.76 bits per heavy atom. The quantitative estimate of drug-likeness (QED) is 0.284. The van der Waals surface area contributed by atoms with Crippen LogP contribution in [0.1, 0.15) is 10.5 Å². The van der Waals surface area contributed by atoms with Gasteiger partial charge in [0, 0.05) is 33.6 Å². The molecule has 0 saturated heterocycles. The number of aryl methyl sites for hydroxylation is 1. The molecule has 0 radical (unpaired) electrons. The number of amides is 1. The third-order valence-electron chi connectivity index (χ3n) is 6.12. The van der Waals surface area contributed by atoms with Gasteiger partial charge in [-0.3, -0.25) is 4.79 Å². The Labute approximate surface area is 220 Å². The molecule has 11 heteroatoms. The molecule has 0 bridgehead atoms.